The van der Waals surface area contributed by atoms with Gasteiger partial charge in [0.05, 0.1) is 6.54 Å². The van der Waals surface area contributed by atoms with Crippen molar-refractivity contribution in [2.45, 2.75) is 37.7 Å². The molecule has 0 saturated carbocycles. The van der Waals surface area contributed by atoms with Crippen LogP contribution >= 0.6 is 0 Å². The Bertz CT molecular complexity index is 803. The highest BCUT2D eigenvalue weighted by molar-refractivity contribution is 5.78. The molecule has 0 radical (unpaired) electrons. The summed E-state index contributed by atoms with van der Waals surface area (Å²) in [6.07, 6.45) is 8.10. The molecule has 0 bridgehead atoms. The first kappa shape index (κ1) is 20.1. The average Bonchev–Trinajstić information content (AvgIpc) is 3.18. The van der Waals surface area contributed by atoms with Crippen LogP contribution < -0.4 is 0 Å². The molecule has 1 amide bonds. The zero-order chi connectivity index (χ0) is 20.3. The number of benzene rings is 1. The number of carbonyl (C=O) groups is 1. The summed E-state index contributed by atoms with van der Waals surface area (Å²) >= 11 is 0. The quantitative estimate of drug-likeness (QED) is 0.842. The second-order valence-electron chi connectivity index (χ2n) is 8.68. The summed E-state index contributed by atoms with van der Waals surface area (Å²) in [6, 6.07) is 10.6. The molecular weight excluding hydrogens is 364 g/mol. The van der Waals surface area contributed by atoms with Crippen molar-refractivity contribution in [2.75, 3.05) is 32.7 Å². The minimum absolute atomic E-state index is 0.227. The van der Waals surface area contributed by atoms with Crippen LogP contribution in [0.25, 0.3) is 0 Å². The molecule has 2 aliphatic rings. The normalized spacial score (nSPS) is 20.7. The predicted octanol–water partition coefficient (Wildman–Crippen LogP) is 2.18. The molecular formula is C23H32N4O2. The topological polar surface area (TPSA) is 61.6 Å². The van der Waals surface area contributed by atoms with E-state index in [0.29, 0.717) is 25.3 Å². The summed E-state index contributed by atoms with van der Waals surface area (Å²) in [4.78, 5) is 21.3. The lowest BCUT2D eigenvalue weighted by molar-refractivity contribution is -0.135. The third-order valence-corrected chi connectivity index (χ3v) is 6.61. The number of amides is 1. The van der Waals surface area contributed by atoms with Crippen LogP contribution in [0.15, 0.2) is 42.7 Å². The Morgan fingerprint density at radius 1 is 1.14 bits per heavy atom. The number of likely N-dealkylation sites (tertiary alicyclic amines) is 2. The predicted molar refractivity (Wildman–Crippen MR) is 112 cm³/mol. The Balaban J connectivity index is 1.22. The summed E-state index contributed by atoms with van der Waals surface area (Å²) in [6.45, 7) is 3.63. The van der Waals surface area contributed by atoms with Gasteiger partial charge in [-0.3, -0.25) is 9.69 Å². The monoisotopic (exact) mass is 396 g/mol. The maximum absolute atomic E-state index is 12.8. The van der Waals surface area contributed by atoms with E-state index in [1.54, 1.807) is 6.20 Å². The van der Waals surface area contributed by atoms with E-state index in [-0.39, 0.29) is 5.91 Å². The van der Waals surface area contributed by atoms with E-state index in [9.17, 15) is 9.90 Å². The van der Waals surface area contributed by atoms with Crippen molar-refractivity contribution in [3.05, 3.63) is 54.1 Å². The summed E-state index contributed by atoms with van der Waals surface area (Å²) in [7, 11) is 1.91. The summed E-state index contributed by atoms with van der Waals surface area (Å²) < 4.78 is 1.89. The van der Waals surface area contributed by atoms with Crippen molar-refractivity contribution in [3.8, 4) is 0 Å². The van der Waals surface area contributed by atoms with Crippen molar-refractivity contribution in [3.63, 3.8) is 0 Å². The number of aryl methyl sites for hydroxylation is 1. The van der Waals surface area contributed by atoms with Crippen LogP contribution in [0.3, 0.4) is 0 Å². The molecule has 0 aliphatic carbocycles. The van der Waals surface area contributed by atoms with Crippen LogP contribution in [0.4, 0.5) is 0 Å². The molecule has 3 heterocycles. The number of hydrogen-bond donors (Lipinski definition) is 1. The van der Waals surface area contributed by atoms with Gasteiger partial charge >= 0.3 is 0 Å². The number of rotatable bonds is 5. The SMILES string of the molecule is Cn1ccnc1C1(O)CCN(CC(=O)N2CCC(Cc3ccccc3)CC2)CC1. The second-order valence-corrected chi connectivity index (χ2v) is 8.68. The lowest BCUT2D eigenvalue weighted by atomic mass is 9.89. The minimum atomic E-state index is -0.881. The van der Waals surface area contributed by atoms with Crippen molar-refractivity contribution in [1.82, 2.24) is 19.4 Å². The fourth-order valence-electron chi connectivity index (χ4n) is 4.74. The van der Waals surface area contributed by atoms with E-state index >= 15 is 0 Å². The van der Waals surface area contributed by atoms with Gasteiger partial charge in [0.15, 0.2) is 0 Å². The molecule has 6 heteroatoms. The standard InChI is InChI=1S/C23H32N4O2/c1-25-16-11-24-22(25)23(29)9-14-26(15-10-23)18-21(28)27-12-7-20(8-13-27)17-19-5-3-2-4-6-19/h2-6,11,16,20,29H,7-10,12-15,17-18H2,1H3. The number of nitrogens with zero attached hydrogens (tertiary/aromatic N) is 4. The van der Waals surface area contributed by atoms with E-state index < -0.39 is 5.60 Å². The molecule has 2 saturated heterocycles. The molecule has 0 spiro atoms. The van der Waals surface area contributed by atoms with Gasteiger partial charge in [0.2, 0.25) is 5.91 Å². The highest BCUT2D eigenvalue weighted by atomic mass is 16.3. The molecule has 2 fully saturated rings. The van der Waals surface area contributed by atoms with Crippen LogP contribution in [0.1, 0.15) is 37.1 Å². The van der Waals surface area contributed by atoms with Gasteiger partial charge in [0.25, 0.3) is 0 Å². The molecule has 156 valence electrons. The molecule has 1 aromatic carbocycles. The van der Waals surface area contributed by atoms with Crippen LogP contribution in [0.2, 0.25) is 0 Å². The molecule has 1 aromatic heterocycles. The van der Waals surface area contributed by atoms with Gasteiger partial charge in [-0.2, -0.15) is 0 Å². The van der Waals surface area contributed by atoms with Gasteiger partial charge in [0, 0.05) is 45.6 Å². The summed E-state index contributed by atoms with van der Waals surface area (Å²) in [5, 5.41) is 11.0. The smallest absolute Gasteiger partial charge is 0.236 e. The maximum atomic E-state index is 12.8. The fourth-order valence-corrected chi connectivity index (χ4v) is 4.74. The van der Waals surface area contributed by atoms with Gasteiger partial charge in [0.1, 0.15) is 11.4 Å². The first-order valence-electron chi connectivity index (χ1n) is 10.8. The number of aliphatic hydroxyl groups is 1. The Hall–Kier alpha value is -2.18. The average molecular weight is 397 g/mol. The number of imidazole rings is 1. The Labute approximate surface area is 173 Å². The molecule has 6 nitrogen and oxygen atoms in total. The van der Waals surface area contributed by atoms with Crippen molar-refractivity contribution < 1.29 is 9.90 Å². The third-order valence-electron chi connectivity index (χ3n) is 6.61. The lowest BCUT2D eigenvalue weighted by Crippen LogP contribution is -2.49. The number of carbonyl (C=O) groups excluding carboxylic acids is 1. The number of hydrogen-bond acceptors (Lipinski definition) is 4. The van der Waals surface area contributed by atoms with Gasteiger partial charge in [-0.15, -0.1) is 0 Å². The number of aromatic nitrogens is 2. The van der Waals surface area contributed by atoms with E-state index in [0.717, 1.165) is 51.3 Å². The van der Waals surface area contributed by atoms with Crippen LogP contribution in [0.5, 0.6) is 0 Å². The Morgan fingerprint density at radius 3 is 2.45 bits per heavy atom. The van der Waals surface area contributed by atoms with Crippen LogP contribution in [-0.2, 0) is 23.9 Å². The van der Waals surface area contributed by atoms with Crippen LogP contribution in [-0.4, -0.2) is 63.1 Å². The molecule has 2 aliphatic heterocycles. The van der Waals surface area contributed by atoms with E-state index in [4.69, 9.17) is 0 Å². The fraction of sp³-hybridized carbons (Fsp3) is 0.565. The van der Waals surface area contributed by atoms with Gasteiger partial charge in [-0.25, -0.2) is 4.98 Å². The molecule has 1 N–H and O–H groups in total. The Morgan fingerprint density at radius 2 is 1.83 bits per heavy atom. The third kappa shape index (κ3) is 4.70. The zero-order valence-electron chi connectivity index (χ0n) is 17.3. The van der Waals surface area contributed by atoms with Crippen molar-refractivity contribution >= 4 is 5.91 Å². The maximum Gasteiger partial charge on any atom is 0.236 e. The largest absolute Gasteiger partial charge is 0.382 e. The number of piperidine rings is 2. The lowest BCUT2D eigenvalue weighted by Gasteiger charge is -2.39. The van der Waals surface area contributed by atoms with Crippen LogP contribution in [0, 0.1) is 5.92 Å². The molecule has 0 unspecified atom stereocenters. The molecule has 29 heavy (non-hydrogen) atoms. The molecule has 2 aromatic rings. The summed E-state index contributed by atoms with van der Waals surface area (Å²) in [5.74, 6) is 1.62. The van der Waals surface area contributed by atoms with Crippen molar-refractivity contribution in [2.24, 2.45) is 13.0 Å². The summed E-state index contributed by atoms with van der Waals surface area (Å²) in [5.41, 5.74) is 0.513. The zero-order valence-corrected chi connectivity index (χ0v) is 17.3. The first-order valence-corrected chi connectivity index (χ1v) is 10.8. The van der Waals surface area contributed by atoms with Gasteiger partial charge in [-0.05, 0) is 43.6 Å². The molecule has 0 atom stereocenters. The van der Waals surface area contributed by atoms with Gasteiger partial charge in [-0.1, -0.05) is 30.3 Å². The van der Waals surface area contributed by atoms with Gasteiger partial charge < -0.3 is 14.6 Å². The second kappa shape index (κ2) is 8.67. The Kier molecular flexibility index (Phi) is 6.01. The van der Waals surface area contributed by atoms with E-state index in [1.165, 1.54) is 5.56 Å². The minimum Gasteiger partial charge on any atom is -0.382 e. The highest BCUT2D eigenvalue weighted by Crippen LogP contribution is 2.31. The first-order chi connectivity index (χ1) is 14.0. The highest BCUT2D eigenvalue weighted by Gasteiger charge is 2.37. The van der Waals surface area contributed by atoms with E-state index in [2.05, 4.69) is 40.2 Å². The molecule has 4 rings (SSSR count). The van der Waals surface area contributed by atoms with E-state index in [1.807, 2.05) is 22.7 Å². The van der Waals surface area contributed by atoms with Crippen molar-refractivity contribution in [1.29, 1.82) is 0 Å².